The van der Waals surface area contributed by atoms with Gasteiger partial charge in [0.05, 0.1) is 6.04 Å². The number of amides is 1. The Morgan fingerprint density at radius 1 is 1.67 bits per heavy atom. The summed E-state index contributed by atoms with van der Waals surface area (Å²) >= 11 is 0. The zero-order valence-electron chi connectivity index (χ0n) is 9.16. The molecule has 15 heavy (non-hydrogen) atoms. The Labute approximate surface area is 89.5 Å². The van der Waals surface area contributed by atoms with Gasteiger partial charge in [-0.05, 0) is 19.4 Å². The summed E-state index contributed by atoms with van der Waals surface area (Å²) in [7, 11) is 0. The molecule has 0 bridgehead atoms. The average molecular weight is 210 g/mol. The monoisotopic (exact) mass is 210 g/mol. The number of rotatable bonds is 5. The van der Waals surface area contributed by atoms with E-state index >= 15 is 0 Å². The second-order valence-corrected chi connectivity index (χ2v) is 3.81. The van der Waals surface area contributed by atoms with E-state index in [1.54, 1.807) is 12.4 Å². The molecule has 0 aliphatic heterocycles. The SMILES string of the molecule is CC(CN)CC(=O)NC(C)c1ncc[nH]1. The van der Waals surface area contributed by atoms with Crippen LogP contribution in [0.5, 0.6) is 0 Å². The summed E-state index contributed by atoms with van der Waals surface area (Å²) in [5.41, 5.74) is 5.45. The molecular weight excluding hydrogens is 192 g/mol. The molecule has 1 aromatic rings. The van der Waals surface area contributed by atoms with Gasteiger partial charge in [-0.2, -0.15) is 0 Å². The van der Waals surface area contributed by atoms with Crippen molar-refractivity contribution < 1.29 is 4.79 Å². The highest BCUT2D eigenvalue weighted by atomic mass is 16.1. The lowest BCUT2D eigenvalue weighted by molar-refractivity contribution is -0.122. The first kappa shape index (κ1) is 11.7. The van der Waals surface area contributed by atoms with Crippen LogP contribution < -0.4 is 11.1 Å². The highest BCUT2D eigenvalue weighted by Gasteiger charge is 2.13. The zero-order valence-corrected chi connectivity index (χ0v) is 9.16. The maximum Gasteiger partial charge on any atom is 0.220 e. The van der Waals surface area contributed by atoms with Crippen LogP contribution in [0.25, 0.3) is 0 Å². The summed E-state index contributed by atoms with van der Waals surface area (Å²) in [5, 5.41) is 2.86. The van der Waals surface area contributed by atoms with Crippen molar-refractivity contribution in [3.63, 3.8) is 0 Å². The number of aromatic amines is 1. The normalized spacial score (nSPS) is 14.6. The Morgan fingerprint density at radius 3 is 2.93 bits per heavy atom. The van der Waals surface area contributed by atoms with E-state index in [0.29, 0.717) is 13.0 Å². The fraction of sp³-hybridized carbons (Fsp3) is 0.600. The number of nitrogens with zero attached hydrogens (tertiary/aromatic N) is 1. The largest absolute Gasteiger partial charge is 0.347 e. The summed E-state index contributed by atoms with van der Waals surface area (Å²) in [6, 6.07) is -0.0857. The smallest absolute Gasteiger partial charge is 0.220 e. The highest BCUT2D eigenvalue weighted by Crippen LogP contribution is 2.07. The van der Waals surface area contributed by atoms with E-state index in [1.165, 1.54) is 0 Å². The van der Waals surface area contributed by atoms with E-state index in [1.807, 2.05) is 13.8 Å². The average Bonchev–Trinajstić information content (AvgIpc) is 2.70. The van der Waals surface area contributed by atoms with Gasteiger partial charge in [0.25, 0.3) is 0 Å². The molecule has 0 saturated carbocycles. The second kappa shape index (κ2) is 5.50. The van der Waals surface area contributed by atoms with Crippen LogP contribution in [0.15, 0.2) is 12.4 Å². The van der Waals surface area contributed by atoms with E-state index in [0.717, 1.165) is 5.82 Å². The van der Waals surface area contributed by atoms with E-state index in [-0.39, 0.29) is 17.9 Å². The third-order valence-electron chi connectivity index (χ3n) is 2.24. The van der Waals surface area contributed by atoms with Gasteiger partial charge in [-0.25, -0.2) is 4.98 Å². The number of carbonyl (C=O) groups excluding carboxylic acids is 1. The predicted molar refractivity (Wildman–Crippen MR) is 58.0 cm³/mol. The van der Waals surface area contributed by atoms with Gasteiger partial charge in [0, 0.05) is 18.8 Å². The second-order valence-electron chi connectivity index (χ2n) is 3.81. The van der Waals surface area contributed by atoms with E-state index in [4.69, 9.17) is 5.73 Å². The minimum Gasteiger partial charge on any atom is -0.347 e. The third kappa shape index (κ3) is 3.71. The molecule has 1 amide bonds. The molecular formula is C10H18N4O. The first-order chi connectivity index (χ1) is 7.13. The Hall–Kier alpha value is -1.36. The maximum atomic E-state index is 11.5. The van der Waals surface area contributed by atoms with Crippen molar-refractivity contribution in [1.29, 1.82) is 0 Å². The molecule has 0 saturated heterocycles. The van der Waals surface area contributed by atoms with E-state index < -0.39 is 0 Å². The maximum absolute atomic E-state index is 11.5. The van der Waals surface area contributed by atoms with Crippen LogP contribution in [0.3, 0.4) is 0 Å². The third-order valence-corrected chi connectivity index (χ3v) is 2.24. The molecule has 1 heterocycles. The Kier molecular flexibility index (Phi) is 4.30. The summed E-state index contributed by atoms with van der Waals surface area (Å²) in [6.45, 7) is 4.38. The summed E-state index contributed by atoms with van der Waals surface area (Å²) in [5.74, 6) is 0.995. The number of imidazole rings is 1. The molecule has 1 rings (SSSR count). The summed E-state index contributed by atoms with van der Waals surface area (Å²) < 4.78 is 0. The molecule has 0 fully saturated rings. The van der Waals surface area contributed by atoms with Crippen molar-refractivity contribution in [2.45, 2.75) is 26.3 Å². The van der Waals surface area contributed by atoms with Gasteiger partial charge in [-0.1, -0.05) is 6.92 Å². The quantitative estimate of drug-likeness (QED) is 0.664. The fourth-order valence-electron chi connectivity index (χ4n) is 1.28. The molecule has 0 aromatic carbocycles. The molecule has 0 spiro atoms. The van der Waals surface area contributed by atoms with Crippen molar-refractivity contribution in [3.05, 3.63) is 18.2 Å². The highest BCUT2D eigenvalue weighted by molar-refractivity contribution is 5.76. The summed E-state index contributed by atoms with van der Waals surface area (Å²) in [6.07, 6.45) is 3.86. The van der Waals surface area contributed by atoms with E-state index in [2.05, 4.69) is 15.3 Å². The molecule has 4 N–H and O–H groups in total. The van der Waals surface area contributed by atoms with Gasteiger partial charge in [0.15, 0.2) is 0 Å². The molecule has 2 unspecified atom stereocenters. The molecule has 5 nitrogen and oxygen atoms in total. The number of carbonyl (C=O) groups is 1. The van der Waals surface area contributed by atoms with Crippen molar-refractivity contribution in [1.82, 2.24) is 15.3 Å². The number of nitrogens with two attached hydrogens (primary N) is 1. The topological polar surface area (TPSA) is 83.8 Å². The van der Waals surface area contributed by atoms with Gasteiger partial charge < -0.3 is 16.0 Å². The van der Waals surface area contributed by atoms with Crippen molar-refractivity contribution in [2.24, 2.45) is 11.7 Å². The van der Waals surface area contributed by atoms with Crippen LogP contribution in [-0.4, -0.2) is 22.4 Å². The van der Waals surface area contributed by atoms with Crippen molar-refractivity contribution in [3.8, 4) is 0 Å². The Balaban J connectivity index is 2.38. The van der Waals surface area contributed by atoms with Crippen molar-refractivity contribution in [2.75, 3.05) is 6.54 Å². The standard InChI is InChI=1S/C10H18N4O/c1-7(6-11)5-9(15)14-8(2)10-12-3-4-13-10/h3-4,7-8H,5-6,11H2,1-2H3,(H,12,13)(H,14,15). The van der Waals surface area contributed by atoms with Gasteiger partial charge in [0.1, 0.15) is 5.82 Å². The van der Waals surface area contributed by atoms with Crippen LogP contribution >= 0.6 is 0 Å². The van der Waals surface area contributed by atoms with Gasteiger partial charge >= 0.3 is 0 Å². The molecule has 2 atom stereocenters. The molecule has 0 aliphatic carbocycles. The lowest BCUT2D eigenvalue weighted by atomic mass is 10.1. The first-order valence-corrected chi connectivity index (χ1v) is 5.12. The predicted octanol–water partition coefficient (Wildman–Crippen LogP) is 0.572. The molecule has 1 aromatic heterocycles. The zero-order chi connectivity index (χ0) is 11.3. The van der Waals surface area contributed by atoms with Crippen LogP contribution in [0.4, 0.5) is 0 Å². The number of hydrogen-bond acceptors (Lipinski definition) is 3. The summed E-state index contributed by atoms with van der Waals surface area (Å²) in [4.78, 5) is 18.5. The number of aromatic nitrogens is 2. The van der Waals surface area contributed by atoms with Crippen LogP contribution in [0.2, 0.25) is 0 Å². The lowest BCUT2D eigenvalue weighted by Gasteiger charge is -2.13. The molecule has 0 radical (unpaired) electrons. The number of hydrogen-bond donors (Lipinski definition) is 3. The van der Waals surface area contributed by atoms with E-state index in [9.17, 15) is 4.79 Å². The molecule has 84 valence electrons. The van der Waals surface area contributed by atoms with Gasteiger partial charge in [0.2, 0.25) is 5.91 Å². The molecule has 0 aliphatic rings. The number of H-pyrrole nitrogens is 1. The van der Waals surface area contributed by atoms with Gasteiger partial charge in [-0.3, -0.25) is 4.79 Å². The molecule has 5 heteroatoms. The van der Waals surface area contributed by atoms with Crippen molar-refractivity contribution >= 4 is 5.91 Å². The first-order valence-electron chi connectivity index (χ1n) is 5.12. The van der Waals surface area contributed by atoms with Gasteiger partial charge in [-0.15, -0.1) is 0 Å². The Bertz CT molecular complexity index is 296. The van der Waals surface area contributed by atoms with Crippen LogP contribution in [-0.2, 0) is 4.79 Å². The lowest BCUT2D eigenvalue weighted by Crippen LogP contribution is -2.30. The van der Waals surface area contributed by atoms with Crippen LogP contribution in [0, 0.1) is 5.92 Å². The fourth-order valence-corrected chi connectivity index (χ4v) is 1.28. The Morgan fingerprint density at radius 2 is 2.40 bits per heavy atom. The minimum absolute atomic E-state index is 0.0110. The minimum atomic E-state index is -0.0857. The number of nitrogens with one attached hydrogen (secondary N) is 2. The van der Waals surface area contributed by atoms with Crippen LogP contribution in [0.1, 0.15) is 32.1 Å².